The maximum absolute atomic E-state index is 13.5. The molecule has 1 fully saturated rings. The molecule has 5 aromatic rings. The summed E-state index contributed by atoms with van der Waals surface area (Å²) in [4.78, 5) is 13.2. The van der Waals surface area contributed by atoms with Gasteiger partial charge in [0.25, 0.3) is 0 Å². The number of hydrogen-bond acceptors (Lipinski definition) is 8. The molecule has 10 nitrogen and oxygen atoms in total. The smallest absolute Gasteiger partial charge is 0.164 e. The molecule has 1 saturated heterocycles. The van der Waals surface area contributed by atoms with Crippen LogP contribution in [0.3, 0.4) is 0 Å². The largest absolute Gasteiger partial charge is 0.381 e. The van der Waals surface area contributed by atoms with Crippen LogP contribution in [0.4, 0.5) is 16.0 Å². The molecule has 0 aromatic carbocycles. The van der Waals surface area contributed by atoms with Gasteiger partial charge in [-0.25, -0.2) is 13.9 Å². The number of nitrogens with zero attached hydrogens (tertiary/aromatic N) is 9. The number of nitrogens with two attached hydrogens (primary N) is 1. The second kappa shape index (κ2) is 9.57. The molecule has 5 aromatic heterocycles. The maximum Gasteiger partial charge on any atom is 0.164 e. The molecular weight excluding hydrogens is 483 g/mol. The Balaban J connectivity index is 1.26. The molecule has 0 aliphatic carbocycles. The highest BCUT2D eigenvalue weighted by Crippen LogP contribution is 2.34. The van der Waals surface area contributed by atoms with E-state index in [-0.39, 0.29) is 11.6 Å². The van der Waals surface area contributed by atoms with E-state index in [2.05, 4.69) is 31.1 Å². The molecule has 2 N–H and O–H groups in total. The minimum Gasteiger partial charge on any atom is -0.381 e. The van der Waals surface area contributed by atoms with E-state index in [4.69, 9.17) is 10.7 Å². The van der Waals surface area contributed by atoms with Crippen LogP contribution >= 0.6 is 0 Å². The Morgan fingerprint density at radius 3 is 2.53 bits per heavy atom. The first-order valence-electron chi connectivity index (χ1n) is 12.2. The maximum atomic E-state index is 13.5. The van der Waals surface area contributed by atoms with Gasteiger partial charge in [-0.3, -0.25) is 14.6 Å². The highest BCUT2D eigenvalue weighted by Gasteiger charge is 2.20. The Morgan fingerprint density at radius 1 is 1.00 bits per heavy atom. The molecule has 0 bridgehead atoms. The average Bonchev–Trinajstić information content (AvgIpc) is 3.50. The van der Waals surface area contributed by atoms with Gasteiger partial charge in [0.05, 0.1) is 17.9 Å². The fraction of sp³-hybridized carbons (Fsp3) is 0.222. The van der Waals surface area contributed by atoms with Gasteiger partial charge in [-0.2, -0.15) is 10.4 Å². The summed E-state index contributed by atoms with van der Waals surface area (Å²) in [6.45, 7) is 3.98. The highest BCUT2D eigenvalue weighted by molar-refractivity contribution is 5.90. The fourth-order valence-electron chi connectivity index (χ4n) is 4.92. The quantitative estimate of drug-likeness (QED) is 0.385. The molecule has 0 saturated carbocycles. The second-order valence-corrected chi connectivity index (χ2v) is 9.39. The topological polar surface area (TPSA) is 117 Å². The van der Waals surface area contributed by atoms with E-state index in [1.54, 1.807) is 21.6 Å². The summed E-state index contributed by atoms with van der Waals surface area (Å²) in [6.07, 6.45) is 10.3. The molecule has 190 valence electrons. The Bertz CT molecular complexity index is 1660. The Kier molecular flexibility index (Phi) is 5.94. The summed E-state index contributed by atoms with van der Waals surface area (Å²) < 4.78 is 16.9. The minimum atomic E-state index is -0.311. The molecule has 0 spiro atoms. The lowest BCUT2D eigenvalue weighted by atomic mass is 10.0. The van der Waals surface area contributed by atoms with Gasteiger partial charge >= 0.3 is 0 Å². The van der Waals surface area contributed by atoms with Crippen LogP contribution in [-0.2, 0) is 13.6 Å². The summed E-state index contributed by atoms with van der Waals surface area (Å²) >= 11 is 0. The lowest BCUT2D eigenvalue weighted by Crippen LogP contribution is -2.46. The predicted molar refractivity (Wildman–Crippen MR) is 141 cm³/mol. The van der Waals surface area contributed by atoms with E-state index in [9.17, 15) is 9.65 Å². The zero-order valence-corrected chi connectivity index (χ0v) is 20.8. The Hall–Kier alpha value is -4.82. The van der Waals surface area contributed by atoms with Gasteiger partial charge in [-0.1, -0.05) is 0 Å². The standard InChI is InChI=1S/C27H25FN10/c1-35-16-21(13-33-35)20-9-23(26-24(10-29)27(30)34-38(26)17-20)19-2-3-25(32-12-19)37-6-4-36(5-7-37)15-18-8-22(28)14-31-11-18/h2-3,8-9,11-14,16-17H,4-7,15H2,1H3,(H2,30,34). The van der Waals surface area contributed by atoms with Crippen molar-refractivity contribution in [2.24, 2.45) is 7.05 Å². The van der Waals surface area contributed by atoms with Gasteiger partial charge < -0.3 is 10.6 Å². The zero-order valence-electron chi connectivity index (χ0n) is 20.8. The van der Waals surface area contributed by atoms with Gasteiger partial charge in [-0.15, -0.1) is 5.10 Å². The van der Waals surface area contributed by atoms with Crippen LogP contribution in [0.5, 0.6) is 0 Å². The number of aryl methyl sites for hydroxylation is 1. The van der Waals surface area contributed by atoms with Gasteiger partial charge in [0.15, 0.2) is 5.82 Å². The van der Waals surface area contributed by atoms with Crippen molar-refractivity contribution >= 4 is 17.2 Å². The molecule has 38 heavy (non-hydrogen) atoms. The third-order valence-corrected chi connectivity index (χ3v) is 6.83. The molecular formula is C27H25FN10. The molecule has 6 rings (SSSR count). The minimum absolute atomic E-state index is 0.188. The first kappa shape index (κ1) is 23.6. The van der Waals surface area contributed by atoms with Crippen molar-refractivity contribution in [3.63, 3.8) is 0 Å². The Labute approximate surface area is 218 Å². The molecule has 1 aliphatic heterocycles. The van der Waals surface area contributed by atoms with Crippen LogP contribution < -0.4 is 10.6 Å². The third kappa shape index (κ3) is 4.42. The number of nitrogen functional groups attached to an aromatic ring is 1. The van der Waals surface area contributed by atoms with E-state index >= 15 is 0 Å². The summed E-state index contributed by atoms with van der Waals surface area (Å²) in [7, 11) is 1.86. The van der Waals surface area contributed by atoms with Crippen LogP contribution in [0.15, 0.2) is 61.4 Å². The summed E-state index contributed by atoms with van der Waals surface area (Å²) in [5, 5.41) is 18.4. The molecule has 0 atom stereocenters. The second-order valence-electron chi connectivity index (χ2n) is 9.39. The highest BCUT2D eigenvalue weighted by atomic mass is 19.1. The first-order valence-corrected chi connectivity index (χ1v) is 12.2. The van der Waals surface area contributed by atoms with Crippen LogP contribution in [0.2, 0.25) is 0 Å². The fourth-order valence-corrected chi connectivity index (χ4v) is 4.92. The molecule has 11 heteroatoms. The number of pyridine rings is 3. The number of anilines is 2. The molecule has 1 aliphatic rings. The van der Waals surface area contributed by atoms with Crippen molar-refractivity contribution in [2.75, 3.05) is 36.8 Å². The van der Waals surface area contributed by atoms with Gasteiger partial charge in [-0.05, 0) is 29.8 Å². The van der Waals surface area contributed by atoms with Crippen LogP contribution in [0.25, 0.3) is 27.8 Å². The normalized spacial score (nSPS) is 14.2. The summed E-state index contributed by atoms with van der Waals surface area (Å²) in [6, 6.07) is 9.76. The van der Waals surface area contributed by atoms with Crippen LogP contribution in [0.1, 0.15) is 11.1 Å². The number of piperazine rings is 1. The SMILES string of the molecule is Cn1cc(-c2cc(-c3ccc(N4CCN(Cc5cncc(F)c5)CC4)nc3)c3c(C#N)c(N)nn3c2)cn1. The lowest BCUT2D eigenvalue weighted by molar-refractivity contribution is 0.248. The van der Waals surface area contributed by atoms with E-state index in [1.807, 2.05) is 43.8 Å². The van der Waals surface area contributed by atoms with E-state index in [1.165, 1.54) is 12.3 Å². The van der Waals surface area contributed by atoms with Crippen molar-refractivity contribution in [3.05, 3.63) is 78.4 Å². The summed E-state index contributed by atoms with van der Waals surface area (Å²) in [5.74, 6) is 0.761. The van der Waals surface area contributed by atoms with Gasteiger partial charge in [0.1, 0.15) is 23.3 Å². The van der Waals surface area contributed by atoms with E-state index < -0.39 is 0 Å². The molecule has 0 radical (unpaired) electrons. The molecule has 0 amide bonds. The van der Waals surface area contributed by atoms with Crippen molar-refractivity contribution in [2.45, 2.75) is 6.54 Å². The number of nitriles is 1. The van der Waals surface area contributed by atoms with Crippen molar-refractivity contribution in [1.82, 2.24) is 34.3 Å². The number of fused-ring (bicyclic) bond motifs is 1. The van der Waals surface area contributed by atoms with Crippen molar-refractivity contribution in [3.8, 4) is 28.3 Å². The number of hydrogen-bond donors (Lipinski definition) is 1. The monoisotopic (exact) mass is 508 g/mol. The van der Waals surface area contributed by atoms with E-state index in [0.717, 1.165) is 59.8 Å². The number of rotatable bonds is 5. The summed E-state index contributed by atoms with van der Waals surface area (Å²) in [5.41, 5.74) is 11.4. The third-order valence-electron chi connectivity index (χ3n) is 6.83. The van der Waals surface area contributed by atoms with Gasteiger partial charge in [0.2, 0.25) is 0 Å². The predicted octanol–water partition coefficient (Wildman–Crippen LogP) is 3.11. The van der Waals surface area contributed by atoms with E-state index in [0.29, 0.717) is 17.6 Å². The molecule has 0 unspecified atom stereocenters. The van der Waals surface area contributed by atoms with Crippen molar-refractivity contribution < 1.29 is 4.39 Å². The van der Waals surface area contributed by atoms with Gasteiger partial charge in [0, 0.05) is 86.8 Å². The van der Waals surface area contributed by atoms with Crippen LogP contribution in [0, 0.1) is 17.1 Å². The number of aromatic nitrogens is 6. The Morgan fingerprint density at radius 2 is 1.84 bits per heavy atom. The van der Waals surface area contributed by atoms with Crippen LogP contribution in [-0.4, -0.2) is 60.4 Å². The average molecular weight is 509 g/mol. The number of halogens is 1. The first-order chi connectivity index (χ1) is 18.5. The van der Waals surface area contributed by atoms with Crippen molar-refractivity contribution in [1.29, 1.82) is 5.26 Å². The molecule has 6 heterocycles. The zero-order chi connectivity index (χ0) is 26.2. The lowest BCUT2D eigenvalue weighted by Gasteiger charge is -2.35.